The fourth-order valence-electron chi connectivity index (χ4n) is 3.08. The number of aromatic amines is 1. The molecule has 0 aliphatic heterocycles. The van der Waals surface area contributed by atoms with Crippen molar-refractivity contribution >= 4 is 27.3 Å². The van der Waals surface area contributed by atoms with Crippen LogP contribution in [0.5, 0.6) is 0 Å². The van der Waals surface area contributed by atoms with Crippen LogP contribution in [0.2, 0.25) is 0 Å². The minimum absolute atomic E-state index is 0.0630. The van der Waals surface area contributed by atoms with Gasteiger partial charge in [-0.1, -0.05) is 18.2 Å². The van der Waals surface area contributed by atoms with E-state index in [1.807, 2.05) is 6.07 Å². The summed E-state index contributed by atoms with van der Waals surface area (Å²) in [4.78, 5) is 18.8. The number of hydrogen-bond donors (Lipinski definition) is 3. The summed E-state index contributed by atoms with van der Waals surface area (Å²) in [6.45, 7) is 1.90. The van der Waals surface area contributed by atoms with Crippen molar-refractivity contribution in [3.63, 3.8) is 0 Å². The number of aryl methyl sites for hydroxylation is 1. The Hall–Kier alpha value is -3.33. The molecule has 0 saturated heterocycles. The van der Waals surface area contributed by atoms with Gasteiger partial charge in [-0.15, -0.1) is 0 Å². The molecule has 0 amide bonds. The van der Waals surface area contributed by atoms with Crippen molar-refractivity contribution in [3.05, 3.63) is 76.2 Å². The maximum absolute atomic E-state index is 13.3. The first kappa shape index (κ1) is 20.4. The summed E-state index contributed by atoms with van der Waals surface area (Å²) >= 11 is 0. The second-order valence-corrected chi connectivity index (χ2v) is 8.46. The van der Waals surface area contributed by atoms with Crippen LogP contribution in [0, 0.1) is 6.92 Å². The quantitative estimate of drug-likeness (QED) is 0.508. The Kier molecular flexibility index (Phi) is 5.88. The minimum Gasteiger partial charge on any atom is -0.399 e. The molecule has 0 saturated carbocycles. The summed E-state index contributed by atoms with van der Waals surface area (Å²) in [7, 11) is -3.80. The van der Waals surface area contributed by atoms with Gasteiger partial charge in [0.15, 0.2) is 0 Å². The summed E-state index contributed by atoms with van der Waals surface area (Å²) in [5, 5.41) is 0. The zero-order valence-electron chi connectivity index (χ0n) is 16.0. The molecule has 3 rings (SSSR count). The predicted molar refractivity (Wildman–Crippen MR) is 114 cm³/mol. The number of rotatable bonds is 7. The second-order valence-electron chi connectivity index (χ2n) is 6.60. The van der Waals surface area contributed by atoms with Crippen LogP contribution in [0.1, 0.15) is 17.7 Å². The van der Waals surface area contributed by atoms with E-state index in [2.05, 4.69) is 9.97 Å². The van der Waals surface area contributed by atoms with E-state index in [1.165, 1.54) is 16.4 Å². The van der Waals surface area contributed by atoms with E-state index in [0.29, 0.717) is 35.5 Å². The van der Waals surface area contributed by atoms with Crippen LogP contribution in [-0.2, 0) is 16.4 Å². The van der Waals surface area contributed by atoms with Crippen LogP contribution >= 0.6 is 0 Å². The number of anilines is 3. The third-order valence-corrected chi connectivity index (χ3v) is 6.38. The van der Waals surface area contributed by atoms with Crippen LogP contribution < -0.4 is 21.3 Å². The lowest BCUT2D eigenvalue weighted by Crippen LogP contribution is -2.32. The van der Waals surface area contributed by atoms with Crippen molar-refractivity contribution in [2.75, 3.05) is 22.3 Å². The van der Waals surface area contributed by atoms with Crippen molar-refractivity contribution in [2.24, 2.45) is 0 Å². The first-order valence-corrected chi connectivity index (χ1v) is 10.5. The number of benzene rings is 2. The van der Waals surface area contributed by atoms with E-state index in [4.69, 9.17) is 11.5 Å². The van der Waals surface area contributed by atoms with Crippen LogP contribution in [0.3, 0.4) is 0 Å². The van der Waals surface area contributed by atoms with E-state index in [1.54, 1.807) is 43.3 Å². The molecule has 9 heteroatoms. The maximum Gasteiger partial charge on any atom is 0.264 e. The summed E-state index contributed by atoms with van der Waals surface area (Å²) in [6.07, 6.45) is 0.799. The average molecular weight is 414 g/mol. The number of nitrogens with one attached hydrogen (secondary N) is 1. The van der Waals surface area contributed by atoms with Gasteiger partial charge in [0.1, 0.15) is 0 Å². The Morgan fingerprint density at radius 1 is 1.03 bits per heavy atom. The van der Waals surface area contributed by atoms with Crippen molar-refractivity contribution in [3.8, 4) is 0 Å². The minimum atomic E-state index is -3.80. The summed E-state index contributed by atoms with van der Waals surface area (Å²) in [6, 6.07) is 14.9. The molecule has 2 aromatic carbocycles. The van der Waals surface area contributed by atoms with Crippen molar-refractivity contribution in [2.45, 2.75) is 24.7 Å². The highest BCUT2D eigenvalue weighted by atomic mass is 32.2. The SMILES string of the molecule is Cc1nc(N)[nH]c(=O)c1CCCN(c1ccccc1)S(=O)(=O)c1ccc(N)cc1. The highest BCUT2D eigenvalue weighted by molar-refractivity contribution is 7.92. The molecule has 0 atom stereocenters. The van der Waals surface area contributed by atoms with E-state index < -0.39 is 10.0 Å². The van der Waals surface area contributed by atoms with Gasteiger partial charge >= 0.3 is 0 Å². The lowest BCUT2D eigenvalue weighted by Gasteiger charge is -2.24. The smallest absolute Gasteiger partial charge is 0.264 e. The van der Waals surface area contributed by atoms with Crippen LogP contribution in [-0.4, -0.2) is 24.9 Å². The monoisotopic (exact) mass is 413 g/mol. The molecular weight excluding hydrogens is 390 g/mol. The molecule has 0 spiro atoms. The van der Waals surface area contributed by atoms with Gasteiger partial charge in [0.25, 0.3) is 15.6 Å². The van der Waals surface area contributed by atoms with Crippen LogP contribution in [0.25, 0.3) is 0 Å². The molecular formula is C20H23N5O3S. The molecule has 0 fully saturated rings. The van der Waals surface area contributed by atoms with Gasteiger partial charge in [0, 0.05) is 23.5 Å². The Bertz CT molecular complexity index is 1140. The highest BCUT2D eigenvalue weighted by Crippen LogP contribution is 2.24. The zero-order valence-corrected chi connectivity index (χ0v) is 16.8. The number of H-pyrrole nitrogens is 1. The Balaban J connectivity index is 1.88. The van der Waals surface area contributed by atoms with Crippen LogP contribution in [0.4, 0.5) is 17.3 Å². The fourth-order valence-corrected chi connectivity index (χ4v) is 4.58. The van der Waals surface area contributed by atoms with E-state index in [-0.39, 0.29) is 22.9 Å². The van der Waals surface area contributed by atoms with Gasteiger partial charge in [0.2, 0.25) is 5.95 Å². The third-order valence-electron chi connectivity index (χ3n) is 4.54. The molecule has 0 radical (unpaired) electrons. The molecule has 0 unspecified atom stereocenters. The number of sulfonamides is 1. The van der Waals surface area contributed by atoms with Gasteiger partial charge in [-0.05, 0) is 56.2 Å². The molecule has 5 N–H and O–H groups in total. The predicted octanol–water partition coefficient (Wildman–Crippen LogP) is 2.07. The normalized spacial score (nSPS) is 11.3. The molecule has 29 heavy (non-hydrogen) atoms. The average Bonchev–Trinajstić information content (AvgIpc) is 2.67. The first-order valence-electron chi connectivity index (χ1n) is 9.07. The highest BCUT2D eigenvalue weighted by Gasteiger charge is 2.24. The fraction of sp³-hybridized carbons (Fsp3) is 0.200. The summed E-state index contributed by atoms with van der Waals surface area (Å²) in [5.41, 5.74) is 13.0. The van der Waals surface area contributed by atoms with E-state index >= 15 is 0 Å². The molecule has 0 bridgehead atoms. The number of para-hydroxylation sites is 1. The van der Waals surface area contributed by atoms with Crippen molar-refractivity contribution < 1.29 is 8.42 Å². The molecule has 1 heterocycles. The Morgan fingerprint density at radius 2 is 1.69 bits per heavy atom. The summed E-state index contributed by atoms with van der Waals surface area (Å²) in [5.74, 6) is 0.0630. The maximum atomic E-state index is 13.3. The number of aromatic nitrogens is 2. The number of nitrogens with zero attached hydrogens (tertiary/aromatic N) is 2. The second kappa shape index (κ2) is 8.36. The topological polar surface area (TPSA) is 135 Å². The molecule has 152 valence electrons. The Morgan fingerprint density at radius 3 is 2.31 bits per heavy atom. The van der Waals surface area contributed by atoms with E-state index in [0.717, 1.165) is 0 Å². The van der Waals surface area contributed by atoms with Gasteiger partial charge < -0.3 is 11.5 Å². The van der Waals surface area contributed by atoms with Gasteiger partial charge in [-0.2, -0.15) is 0 Å². The lowest BCUT2D eigenvalue weighted by atomic mass is 10.1. The van der Waals surface area contributed by atoms with Gasteiger partial charge in [-0.3, -0.25) is 14.1 Å². The molecule has 3 aromatic rings. The first-order chi connectivity index (χ1) is 13.8. The number of nitrogen functional groups attached to an aromatic ring is 2. The largest absolute Gasteiger partial charge is 0.399 e. The molecule has 1 aromatic heterocycles. The van der Waals surface area contributed by atoms with E-state index in [9.17, 15) is 13.2 Å². The molecule has 0 aliphatic carbocycles. The van der Waals surface area contributed by atoms with Gasteiger partial charge in [0.05, 0.1) is 10.6 Å². The summed E-state index contributed by atoms with van der Waals surface area (Å²) < 4.78 is 27.8. The van der Waals surface area contributed by atoms with Crippen molar-refractivity contribution in [1.29, 1.82) is 0 Å². The standard InChI is InChI=1S/C20H23N5O3S/c1-14-18(19(26)24-20(22)23-14)8-5-13-25(16-6-3-2-4-7-16)29(27,28)17-11-9-15(21)10-12-17/h2-4,6-7,9-12H,5,8,13,21H2,1H3,(H3,22,23,24,26). The van der Waals surface area contributed by atoms with Gasteiger partial charge in [-0.25, -0.2) is 13.4 Å². The molecule has 8 nitrogen and oxygen atoms in total. The number of nitrogens with two attached hydrogens (primary N) is 2. The lowest BCUT2D eigenvalue weighted by molar-refractivity contribution is 0.589. The number of hydrogen-bond acceptors (Lipinski definition) is 6. The molecule has 0 aliphatic rings. The van der Waals surface area contributed by atoms with Crippen molar-refractivity contribution in [1.82, 2.24) is 9.97 Å². The van der Waals surface area contributed by atoms with Crippen LogP contribution in [0.15, 0.2) is 64.3 Å². The Labute approximate surface area is 169 Å². The third kappa shape index (κ3) is 4.57. The zero-order chi connectivity index (χ0) is 21.0.